The fourth-order valence-corrected chi connectivity index (χ4v) is 2.71. The van der Waals surface area contributed by atoms with E-state index in [0.717, 1.165) is 6.42 Å². The molecule has 20 heavy (non-hydrogen) atoms. The Morgan fingerprint density at radius 3 is 2.75 bits per heavy atom. The molecular weight excluding hydrogens is 304 g/mol. The largest absolute Gasteiger partial charge is 0.383 e. The lowest BCUT2D eigenvalue weighted by Crippen LogP contribution is -2.28. The van der Waals surface area contributed by atoms with Crippen LogP contribution in [0, 0.1) is 5.92 Å². The van der Waals surface area contributed by atoms with Gasteiger partial charge in [-0.2, -0.15) is 0 Å². The zero-order valence-electron chi connectivity index (χ0n) is 11.3. The van der Waals surface area contributed by atoms with Crippen molar-refractivity contribution in [3.63, 3.8) is 0 Å². The maximum Gasteiger partial charge on any atom is 0.268 e. The third-order valence-electron chi connectivity index (χ3n) is 3.35. The molecule has 0 saturated heterocycles. The molecule has 2 atom stereocenters. The standard InChI is InChI=1S/C12H17ClN2O4S/c1-8-5-10(8)14-12(16)11-6-9(20(13,17)18)7-15(11)3-4-19-2/h6-8,10H,3-5H2,1-2H3,(H,14,16). The molecule has 112 valence electrons. The highest BCUT2D eigenvalue weighted by atomic mass is 35.7. The Morgan fingerprint density at radius 1 is 1.60 bits per heavy atom. The maximum atomic E-state index is 12.2. The molecule has 1 aliphatic carbocycles. The third kappa shape index (κ3) is 3.53. The van der Waals surface area contributed by atoms with Crippen LogP contribution < -0.4 is 5.32 Å². The zero-order chi connectivity index (χ0) is 14.9. The van der Waals surface area contributed by atoms with Gasteiger partial charge in [0.2, 0.25) is 0 Å². The van der Waals surface area contributed by atoms with Crippen molar-refractivity contribution in [1.29, 1.82) is 0 Å². The minimum absolute atomic E-state index is 0.0794. The van der Waals surface area contributed by atoms with E-state index in [0.29, 0.717) is 19.1 Å². The van der Waals surface area contributed by atoms with Crippen molar-refractivity contribution >= 4 is 25.6 Å². The zero-order valence-corrected chi connectivity index (χ0v) is 12.9. The van der Waals surface area contributed by atoms with Gasteiger partial charge < -0.3 is 14.6 Å². The molecule has 6 nitrogen and oxygen atoms in total. The quantitative estimate of drug-likeness (QED) is 0.799. The van der Waals surface area contributed by atoms with Gasteiger partial charge in [-0.25, -0.2) is 8.42 Å². The van der Waals surface area contributed by atoms with Crippen molar-refractivity contribution in [2.45, 2.75) is 30.8 Å². The Bertz CT molecular complexity index is 611. The van der Waals surface area contributed by atoms with E-state index >= 15 is 0 Å². The molecule has 0 radical (unpaired) electrons. The lowest BCUT2D eigenvalue weighted by molar-refractivity contribution is 0.0937. The number of halogens is 1. The lowest BCUT2D eigenvalue weighted by atomic mass is 10.3. The van der Waals surface area contributed by atoms with Gasteiger partial charge in [0.25, 0.3) is 15.0 Å². The average molecular weight is 321 g/mol. The molecule has 1 aromatic rings. The van der Waals surface area contributed by atoms with Crippen LogP contribution in [0.15, 0.2) is 17.2 Å². The van der Waals surface area contributed by atoms with Crippen molar-refractivity contribution in [1.82, 2.24) is 9.88 Å². The summed E-state index contributed by atoms with van der Waals surface area (Å²) in [5, 5.41) is 2.86. The molecule has 1 saturated carbocycles. The number of carbonyl (C=O) groups excluding carboxylic acids is 1. The summed E-state index contributed by atoms with van der Waals surface area (Å²) in [6, 6.07) is 1.46. The van der Waals surface area contributed by atoms with Crippen molar-refractivity contribution in [3.05, 3.63) is 18.0 Å². The van der Waals surface area contributed by atoms with Gasteiger partial charge in [-0.05, 0) is 18.4 Å². The second-order valence-corrected chi connectivity index (χ2v) is 7.54. The normalized spacial score (nSPS) is 21.8. The number of carbonyl (C=O) groups is 1. The number of aromatic nitrogens is 1. The first-order chi connectivity index (χ1) is 9.32. The van der Waals surface area contributed by atoms with E-state index in [4.69, 9.17) is 15.4 Å². The molecule has 1 N–H and O–H groups in total. The van der Waals surface area contributed by atoms with Crippen molar-refractivity contribution in [2.75, 3.05) is 13.7 Å². The summed E-state index contributed by atoms with van der Waals surface area (Å²) in [5.74, 6) is 0.180. The highest BCUT2D eigenvalue weighted by Gasteiger charge is 2.34. The number of amides is 1. The number of methoxy groups -OCH3 is 1. The van der Waals surface area contributed by atoms with Gasteiger partial charge in [-0.1, -0.05) is 6.92 Å². The van der Waals surface area contributed by atoms with E-state index in [1.807, 2.05) is 6.92 Å². The Balaban J connectivity index is 2.24. The van der Waals surface area contributed by atoms with Gasteiger partial charge in [-0.3, -0.25) is 4.79 Å². The first-order valence-corrected chi connectivity index (χ1v) is 8.58. The highest BCUT2D eigenvalue weighted by Crippen LogP contribution is 2.29. The molecule has 2 unspecified atom stereocenters. The Morgan fingerprint density at radius 2 is 2.25 bits per heavy atom. The van der Waals surface area contributed by atoms with Crippen molar-refractivity contribution in [3.8, 4) is 0 Å². The van der Waals surface area contributed by atoms with Gasteiger partial charge >= 0.3 is 0 Å². The number of rotatable bonds is 6. The number of nitrogens with zero attached hydrogens (tertiary/aromatic N) is 1. The van der Waals surface area contributed by atoms with Gasteiger partial charge in [0, 0.05) is 36.6 Å². The molecule has 0 aliphatic heterocycles. The van der Waals surface area contributed by atoms with E-state index in [2.05, 4.69) is 5.32 Å². The van der Waals surface area contributed by atoms with Crippen LogP contribution in [0.3, 0.4) is 0 Å². The first-order valence-electron chi connectivity index (χ1n) is 6.27. The second kappa shape index (κ2) is 5.75. The molecular formula is C12H17ClN2O4S. The predicted molar refractivity (Wildman–Crippen MR) is 74.4 cm³/mol. The lowest BCUT2D eigenvalue weighted by Gasteiger charge is -2.08. The predicted octanol–water partition coefficient (Wildman–Crippen LogP) is 1.20. The van der Waals surface area contributed by atoms with Crippen LogP contribution in [-0.4, -0.2) is 38.7 Å². The van der Waals surface area contributed by atoms with Gasteiger partial charge in [0.1, 0.15) is 10.6 Å². The highest BCUT2D eigenvalue weighted by molar-refractivity contribution is 8.13. The van der Waals surface area contributed by atoms with Crippen LogP contribution in [0.4, 0.5) is 0 Å². The van der Waals surface area contributed by atoms with Crippen LogP contribution >= 0.6 is 10.7 Å². The molecule has 0 spiro atoms. The summed E-state index contributed by atoms with van der Waals surface area (Å²) in [4.78, 5) is 12.1. The van der Waals surface area contributed by atoms with Crippen LogP contribution in [0.2, 0.25) is 0 Å². The van der Waals surface area contributed by atoms with Gasteiger partial charge in [0.05, 0.1) is 6.61 Å². The summed E-state index contributed by atoms with van der Waals surface area (Å²) in [5.41, 5.74) is 0.278. The molecule has 0 aromatic carbocycles. The topological polar surface area (TPSA) is 77.4 Å². The average Bonchev–Trinajstić information content (AvgIpc) is 2.90. The number of hydrogen-bond donors (Lipinski definition) is 1. The summed E-state index contributed by atoms with van der Waals surface area (Å²) in [6.07, 6.45) is 2.30. The Hall–Kier alpha value is -1.05. The first kappa shape index (κ1) is 15.3. The minimum Gasteiger partial charge on any atom is -0.383 e. The van der Waals surface area contributed by atoms with Crippen molar-refractivity contribution < 1.29 is 17.9 Å². The molecule has 0 bridgehead atoms. The molecule has 1 aliphatic rings. The van der Waals surface area contributed by atoms with E-state index in [9.17, 15) is 13.2 Å². The van der Waals surface area contributed by atoms with Crippen LogP contribution in [0.1, 0.15) is 23.8 Å². The summed E-state index contributed by atoms with van der Waals surface area (Å²) in [7, 11) is 3.00. The van der Waals surface area contributed by atoms with E-state index < -0.39 is 9.05 Å². The van der Waals surface area contributed by atoms with Gasteiger partial charge in [0.15, 0.2) is 0 Å². The van der Waals surface area contributed by atoms with Crippen LogP contribution in [0.5, 0.6) is 0 Å². The molecule has 1 amide bonds. The summed E-state index contributed by atoms with van der Waals surface area (Å²) in [6.45, 7) is 2.80. The second-order valence-electron chi connectivity index (χ2n) is 4.98. The maximum absolute atomic E-state index is 12.2. The molecule has 8 heteroatoms. The Labute approximate surface area is 122 Å². The molecule has 2 rings (SSSR count). The van der Waals surface area contributed by atoms with Crippen LogP contribution in [0.25, 0.3) is 0 Å². The summed E-state index contributed by atoms with van der Waals surface area (Å²) < 4.78 is 29.2. The number of nitrogens with one attached hydrogen (secondary N) is 1. The number of ether oxygens (including phenoxy) is 1. The fraction of sp³-hybridized carbons (Fsp3) is 0.583. The number of hydrogen-bond acceptors (Lipinski definition) is 4. The van der Waals surface area contributed by atoms with Crippen molar-refractivity contribution in [2.24, 2.45) is 5.92 Å². The van der Waals surface area contributed by atoms with Gasteiger partial charge in [-0.15, -0.1) is 0 Å². The smallest absolute Gasteiger partial charge is 0.268 e. The van der Waals surface area contributed by atoms with E-state index in [1.165, 1.54) is 19.4 Å². The van der Waals surface area contributed by atoms with Crippen LogP contribution in [-0.2, 0) is 20.3 Å². The molecule has 1 fully saturated rings. The molecule has 1 aromatic heterocycles. The fourth-order valence-electron chi connectivity index (χ4n) is 1.95. The van der Waals surface area contributed by atoms with E-state index in [-0.39, 0.29) is 22.5 Å². The Kier molecular flexibility index (Phi) is 4.41. The molecule has 1 heterocycles. The minimum atomic E-state index is -3.86. The third-order valence-corrected chi connectivity index (χ3v) is 4.67. The van der Waals surface area contributed by atoms with E-state index in [1.54, 1.807) is 4.57 Å². The SMILES string of the molecule is COCCn1cc(S(=O)(=O)Cl)cc1C(=O)NC1CC1C. The summed E-state index contributed by atoms with van der Waals surface area (Å²) >= 11 is 0. The monoisotopic (exact) mass is 320 g/mol.